The average molecular weight is 280 g/mol. The number of nitrogens with zero attached hydrogens (tertiary/aromatic N) is 2. The minimum Gasteiger partial charge on any atom is -0.351 e. The number of carbonyl (C=O) groups excluding carboxylic acids is 1. The van der Waals surface area contributed by atoms with Gasteiger partial charge in [-0.25, -0.2) is 0 Å². The Kier molecular flexibility index (Phi) is 4.90. The van der Waals surface area contributed by atoms with Gasteiger partial charge < -0.3 is 9.88 Å². The van der Waals surface area contributed by atoms with Crippen LogP contribution in [0.1, 0.15) is 37.9 Å². The number of amides is 1. The van der Waals surface area contributed by atoms with Crippen molar-refractivity contribution >= 4 is 18.1 Å². The predicted octanol–water partition coefficient (Wildman–Crippen LogP) is 2.26. The highest BCUT2D eigenvalue weighted by atomic mass is 32.1. The molecule has 1 amide bonds. The Morgan fingerprint density at radius 1 is 1.53 bits per heavy atom. The van der Waals surface area contributed by atoms with Crippen LogP contribution in [0.25, 0.3) is 0 Å². The molecule has 5 nitrogen and oxygen atoms in total. The van der Waals surface area contributed by atoms with Gasteiger partial charge in [0.15, 0.2) is 4.77 Å². The minimum absolute atomic E-state index is 0.0644. The third kappa shape index (κ3) is 3.76. The summed E-state index contributed by atoms with van der Waals surface area (Å²) in [6.07, 6.45) is 7.53. The van der Waals surface area contributed by atoms with Gasteiger partial charge >= 0.3 is 0 Å². The second-order valence-electron chi connectivity index (χ2n) is 4.81. The number of carbonyl (C=O) groups is 1. The van der Waals surface area contributed by atoms with Crippen molar-refractivity contribution in [3.05, 3.63) is 22.2 Å². The molecule has 0 radical (unpaired) electrons. The highest BCUT2D eigenvalue weighted by molar-refractivity contribution is 7.71. The molecule has 1 aliphatic rings. The SMILES string of the molecule is Cc1n[nH]c(=S)n1CCNC(=O)C1=CCCCCC1. The molecule has 0 atom stereocenters. The van der Waals surface area contributed by atoms with Crippen LogP contribution in [0.4, 0.5) is 0 Å². The molecule has 19 heavy (non-hydrogen) atoms. The molecular weight excluding hydrogens is 260 g/mol. The lowest BCUT2D eigenvalue weighted by molar-refractivity contribution is -0.117. The summed E-state index contributed by atoms with van der Waals surface area (Å²) in [5, 5.41) is 9.73. The number of rotatable bonds is 4. The molecule has 0 bridgehead atoms. The van der Waals surface area contributed by atoms with Gasteiger partial charge in [-0.3, -0.25) is 9.89 Å². The topological polar surface area (TPSA) is 62.7 Å². The van der Waals surface area contributed by atoms with Crippen LogP contribution in [0.3, 0.4) is 0 Å². The molecule has 0 unspecified atom stereocenters. The minimum atomic E-state index is 0.0644. The van der Waals surface area contributed by atoms with Crippen LogP contribution in [0, 0.1) is 11.7 Å². The predicted molar refractivity (Wildman–Crippen MR) is 76.3 cm³/mol. The summed E-state index contributed by atoms with van der Waals surface area (Å²) in [6.45, 7) is 3.12. The fourth-order valence-corrected chi connectivity index (χ4v) is 2.54. The van der Waals surface area contributed by atoms with Gasteiger partial charge in [0.05, 0.1) is 0 Å². The van der Waals surface area contributed by atoms with Gasteiger partial charge in [-0.05, 0) is 44.8 Å². The first kappa shape index (κ1) is 14.0. The van der Waals surface area contributed by atoms with Crippen molar-refractivity contribution in [2.45, 2.75) is 45.6 Å². The third-order valence-corrected chi connectivity index (χ3v) is 3.71. The Bertz CT molecular complexity index is 529. The normalized spacial score (nSPS) is 15.7. The van der Waals surface area contributed by atoms with Crippen LogP contribution < -0.4 is 5.32 Å². The summed E-state index contributed by atoms with van der Waals surface area (Å²) in [7, 11) is 0. The van der Waals surface area contributed by atoms with Crippen LogP contribution in [0.2, 0.25) is 0 Å². The van der Waals surface area contributed by atoms with Crippen molar-refractivity contribution in [1.82, 2.24) is 20.1 Å². The molecule has 2 rings (SSSR count). The Hall–Kier alpha value is -1.43. The van der Waals surface area contributed by atoms with Gasteiger partial charge in [0.1, 0.15) is 5.82 Å². The van der Waals surface area contributed by atoms with E-state index in [1.807, 2.05) is 11.5 Å². The lowest BCUT2D eigenvalue weighted by Gasteiger charge is -2.08. The summed E-state index contributed by atoms with van der Waals surface area (Å²) < 4.78 is 2.48. The van der Waals surface area contributed by atoms with Crippen LogP contribution in [0.15, 0.2) is 11.6 Å². The van der Waals surface area contributed by atoms with Crippen molar-refractivity contribution in [3.8, 4) is 0 Å². The van der Waals surface area contributed by atoms with E-state index in [1.165, 1.54) is 12.8 Å². The first-order valence-electron chi connectivity index (χ1n) is 6.77. The Balaban J connectivity index is 1.84. The average Bonchev–Trinajstić information content (AvgIpc) is 2.64. The van der Waals surface area contributed by atoms with E-state index in [2.05, 4.69) is 21.6 Å². The van der Waals surface area contributed by atoms with Gasteiger partial charge in [-0.15, -0.1) is 0 Å². The van der Waals surface area contributed by atoms with Crippen LogP contribution in [-0.4, -0.2) is 27.2 Å². The lowest BCUT2D eigenvalue weighted by atomic mass is 10.1. The van der Waals surface area contributed by atoms with E-state index >= 15 is 0 Å². The number of aromatic nitrogens is 3. The Morgan fingerprint density at radius 2 is 2.37 bits per heavy atom. The number of hydrogen-bond acceptors (Lipinski definition) is 3. The molecule has 2 N–H and O–H groups in total. The summed E-state index contributed by atoms with van der Waals surface area (Å²) >= 11 is 5.12. The molecule has 0 spiro atoms. The van der Waals surface area contributed by atoms with Crippen molar-refractivity contribution in [1.29, 1.82) is 0 Å². The van der Waals surface area contributed by atoms with E-state index in [9.17, 15) is 4.79 Å². The van der Waals surface area contributed by atoms with E-state index in [0.29, 0.717) is 17.9 Å². The van der Waals surface area contributed by atoms with Crippen LogP contribution in [0.5, 0.6) is 0 Å². The largest absolute Gasteiger partial charge is 0.351 e. The van der Waals surface area contributed by atoms with Gasteiger partial charge in [0, 0.05) is 18.7 Å². The maximum Gasteiger partial charge on any atom is 0.246 e. The summed E-state index contributed by atoms with van der Waals surface area (Å²) in [5.41, 5.74) is 0.935. The van der Waals surface area contributed by atoms with E-state index in [0.717, 1.165) is 30.7 Å². The number of hydrogen-bond donors (Lipinski definition) is 2. The first-order chi connectivity index (χ1) is 9.18. The molecule has 1 aliphatic carbocycles. The third-order valence-electron chi connectivity index (χ3n) is 3.40. The maximum absolute atomic E-state index is 12.0. The van der Waals surface area contributed by atoms with Crippen molar-refractivity contribution in [2.24, 2.45) is 0 Å². The van der Waals surface area contributed by atoms with Gasteiger partial charge in [0.25, 0.3) is 0 Å². The monoisotopic (exact) mass is 280 g/mol. The molecule has 1 aromatic rings. The summed E-state index contributed by atoms with van der Waals surface area (Å²) in [4.78, 5) is 12.0. The Labute approximate surface area is 118 Å². The lowest BCUT2D eigenvalue weighted by Crippen LogP contribution is -2.28. The number of aromatic amines is 1. The summed E-state index contributed by atoms with van der Waals surface area (Å²) in [5.74, 6) is 0.905. The molecule has 0 aliphatic heterocycles. The number of allylic oxidation sites excluding steroid dienone is 1. The molecule has 6 heteroatoms. The van der Waals surface area contributed by atoms with E-state index in [-0.39, 0.29) is 5.91 Å². The zero-order chi connectivity index (χ0) is 13.7. The molecule has 0 saturated carbocycles. The fourth-order valence-electron chi connectivity index (χ4n) is 2.28. The molecule has 0 saturated heterocycles. The second-order valence-corrected chi connectivity index (χ2v) is 5.20. The number of aryl methyl sites for hydroxylation is 1. The van der Waals surface area contributed by atoms with E-state index in [4.69, 9.17) is 12.2 Å². The smallest absolute Gasteiger partial charge is 0.246 e. The molecule has 1 heterocycles. The highest BCUT2D eigenvalue weighted by Crippen LogP contribution is 2.16. The standard InChI is InChI=1S/C13H20N4OS/c1-10-15-16-13(19)17(10)9-8-14-12(18)11-6-4-2-3-5-7-11/h6H,2-5,7-9H2,1H3,(H,14,18)(H,16,19). The van der Waals surface area contributed by atoms with E-state index in [1.54, 1.807) is 0 Å². The number of H-pyrrole nitrogens is 1. The van der Waals surface area contributed by atoms with Crippen LogP contribution >= 0.6 is 12.2 Å². The first-order valence-corrected chi connectivity index (χ1v) is 7.18. The quantitative estimate of drug-likeness (QED) is 0.832. The molecule has 0 aromatic carbocycles. The molecule has 0 fully saturated rings. The van der Waals surface area contributed by atoms with E-state index < -0.39 is 0 Å². The molecule has 1 aromatic heterocycles. The van der Waals surface area contributed by atoms with Gasteiger partial charge in [-0.1, -0.05) is 12.5 Å². The zero-order valence-electron chi connectivity index (χ0n) is 11.2. The van der Waals surface area contributed by atoms with Gasteiger partial charge in [0.2, 0.25) is 5.91 Å². The Morgan fingerprint density at radius 3 is 3.11 bits per heavy atom. The zero-order valence-corrected chi connectivity index (χ0v) is 12.1. The molecular formula is C13H20N4OS. The van der Waals surface area contributed by atoms with Crippen molar-refractivity contribution < 1.29 is 4.79 Å². The maximum atomic E-state index is 12.0. The fraction of sp³-hybridized carbons (Fsp3) is 0.615. The van der Waals surface area contributed by atoms with Crippen LogP contribution in [-0.2, 0) is 11.3 Å². The second kappa shape index (κ2) is 6.65. The highest BCUT2D eigenvalue weighted by Gasteiger charge is 2.11. The molecule has 104 valence electrons. The summed E-state index contributed by atoms with van der Waals surface area (Å²) in [6, 6.07) is 0. The van der Waals surface area contributed by atoms with Gasteiger partial charge in [-0.2, -0.15) is 5.10 Å². The van der Waals surface area contributed by atoms with Crippen molar-refractivity contribution in [3.63, 3.8) is 0 Å². The van der Waals surface area contributed by atoms with Crippen molar-refractivity contribution in [2.75, 3.05) is 6.54 Å². The number of nitrogens with one attached hydrogen (secondary N) is 2.